The van der Waals surface area contributed by atoms with Gasteiger partial charge in [-0.3, -0.25) is 24.5 Å². The Bertz CT molecular complexity index is 1200. The van der Waals surface area contributed by atoms with Gasteiger partial charge < -0.3 is 0 Å². The van der Waals surface area contributed by atoms with Crippen LogP contribution < -0.4 is 9.96 Å². The molecule has 0 radical (unpaired) electrons. The number of halogens is 1. The van der Waals surface area contributed by atoms with Crippen molar-refractivity contribution in [1.82, 2.24) is 0 Å². The van der Waals surface area contributed by atoms with Crippen LogP contribution in [0.25, 0.3) is 0 Å². The molecule has 2 aliphatic rings. The van der Waals surface area contributed by atoms with Crippen molar-refractivity contribution < 1.29 is 19.3 Å². The van der Waals surface area contributed by atoms with E-state index in [0.717, 1.165) is 4.90 Å². The van der Waals surface area contributed by atoms with E-state index in [9.17, 15) is 19.7 Å². The van der Waals surface area contributed by atoms with Crippen LogP contribution in [0.1, 0.15) is 11.6 Å². The number of nitro benzene ring substituents is 1. The zero-order valence-electron chi connectivity index (χ0n) is 16.5. The van der Waals surface area contributed by atoms with Crippen LogP contribution in [-0.4, -0.2) is 22.8 Å². The molecule has 9 heteroatoms. The van der Waals surface area contributed by atoms with Crippen LogP contribution in [0.15, 0.2) is 78.9 Å². The molecule has 3 aromatic rings. The van der Waals surface area contributed by atoms with Crippen molar-refractivity contribution in [3.05, 3.63) is 99.6 Å². The number of carbonyl (C=O) groups is 2. The Morgan fingerprint density at radius 3 is 2.12 bits per heavy atom. The number of carbonyl (C=O) groups excluding carboxylic acids is 2. The molecule has 0 N–H and O–H groups in total. The molecule has 3 atom stereocenters. The summed E-state index contributed by atoms with van der Waals surface area (Å²) in [4.78, 5) is 44.4. The van der Waals surface area contributed by atoms with Crippen LogP contribution in [0, 0.1) is 16.0 Å². The van der Waals surface area contributed by atoms with Gasteiger partial charge in [-0.15, -0.1) is 0 Å². The third kappa shape index (κ3) is 3.21. The Morgan fingerprint density at radius 2 is 1.50 bits per heavy atom. The summed E-state index contributed by atoms with van der Waals surface area (Å²) >= 11 is 5.94. The first kappa shape index (κ1) is 20.2. The number of fused-ring (bicyclic) bond motifs is 1. The minimum absolute atomic E-state index is 0.0629. The van der Waals surface area contributed by atoms with Gasteiger partial charge in [0.05, 0.1) is 22.3 Å². The van der Waals surface area contributed by atoms with Crippen LogP contribution >= 0.6 is 11.6 Å². The van der Waals surface area contributed by atoms with Crippen molar-refractivity contribution in [2.75, 3.05) is 9.96 Å². The van der Waals surface area contributed by atoms with E-state index in [-0.39, 0.29) is 5.69 Å². The smallest absolute Gasteiger partial charge is 0.269 e. The second-order valence-electron chi connectivity index (χ2n) is 7.49. The summed E-state index contributed by atoms with van der Waals surface area (Å²) in [5, 5.41) is 13.1. The number of hydrogen-bond donors (Lipinski definition) is 0. The van der Waals surface area contributed by atoms with E-state index in [4.69, 9.17) is 16.4 Å². The minimum Gasteiger partial charge on any atom is -0.273 e. The second-order valence-corrected chi connectivity index (χ2v) is 7.93. The first-order chi connectivity index (χ1) is 15.5. The fourth-order valence-electron chi connectivity index (χ4n) is 4.19. The maximum absolute atomic E-state index is 13.5. The average Bonchev–Trinajstić information content (AvgIpc) is 3.31. The second kappa shape index (κ2) is 7.74. The molecule has 2 amide bonds. The number of amides is 2. The van der Waals surface area contributed by atoms with Crippen LogP contribution in [0.4, 0.5) is 17.1 Å². The monoisotopic (exact) mass is 449 g/mol. The van der Waals surface area contributed by atoms with Crippen LogP contribution in [0.5, 0.6) is 0 Å². The lowest BCUT2D eigenvalue weighted by Gasteiger charge is -2.28. The molecule has 0 saturated carbocycles. The maximum atomic E-state index is 13.5. The van der Waals surface area contributed by atoms with Gasteiger partial charge in [-0.2, -0.15) is 0 Å². The first-order valence-corrected chi connectivity index (χ1v) is 10.2. The number of para-hydroxylation sites is 1. The van der Waals surface area contributed by atoms with Gasteiger partial charge in [0, 0.05) is 17.2 Å². The molecular weight excluding hydrogens is 434 g/mol. The molecule has 2 saturated heterocycles. The zero-order chi connectivity index (χ0) is 22.4. The Balaban J connectivity index is 1.57. The minimum atomic E-state index is -1.02. The molecule has 32 heavy (non-hydrogen) atoms. The summed E-state index contributed by atoms with van der Waals surface area (Å²) < 4.78 is 0. The normalized spacial score (nSPS) is 22.3. The van der Waals surface area contributed by atoms with Gasteiger partial charge in [-0.25, -0.2) is 9.96 Å². The number of anilines is 2. The van der Waals surface area contributed by atoms with E-state index in [1.807, 2.05) is 30.3 Å². The van der Waals surface area contributed by atoms with Crippen molar-refractivity contribution in [1.29, 1.82) is 0 Å². The largest absolute Gasteiger partial charge is 0.273 e. The topological polar surface area (TPSA) is 93.0 Å². The Hall–Kier alpha value is -3.75. The molecule has 0 bridgehead atoms. The maximum Gasteiger partial charge on any atom is 0.269 e. The Labute approximate surface area is 187 Å². The number of nitrogens with zero attached hydrogens (tertiary/aromatic N) is 3. The summed E-state index contributed by atoms with van der Waals surface area (Å²) in [6, 6.07) is 20.8. The number of imide groups is 1. The fourth-order valence-corrected chi connectivity index (χ4v) is 4.32. The first-order valence-electron chi connectivity index (χ1n) is 9.84. The predicted octanol–water partition coefficient (Wildman–Crippen LogP) is 4.30. The summed E-state index contributed by atoms with van der Waals surface area (Å²) in [6.07, 6.45) is -1.02. The van der Waals surface area contributed by atoms with Gasteiger partial charge >= 0.3 is 0 Å². The molecule has 3 unspecified atom stereocenters. The van der Waals surface area contributed by atoms with Gasteiger partial charge in [0.1, 0.15) is 5.92 Å². The highest BCUT2D eigenvalue weighted by atomic mass is 35.5. The van der Waals surface area contributed by atoms with E-state index in [1.165, 1.54) is 12.1 Å². The number of rotatable bonds is 4. The zero-order valence-corrected chi connectivity index (χ0v) is 17.3. The molecular formula is C23H16ClN3O5. The quantitative estimate of drug-likeness (QED) is 0.335. The van der Waals surface area contributed by atoms with Crippen LogP contribution in [0.2, 0.25) is 5.02 Å². The standard InChI is InChI=1S/C23H16ClN3O5/c24-15-8-12-16(13-9-15)25-22(28)19-20(14-6-10-18(11-7-14)27(30)31)26(32-21(19)23(25)29)17-4-2-1-3-5-17/h1-13,19-21H. The van der Waals surface area contributed by atoms with E-state index in [2.05, 4.69) is 0 Å². The van der Waals surface area contributed by atoms with Crippen molar-refractivity contribution in [2.24, 2.45) is 5.92 Å². The van der Waals surface area contributed by atoms with Crippen molar-refractivity contribution in [3.63, 3.8) is 0 Å². The van der Waals surface area contributed by atoms with Gasteiger partial charge in [0.25, 0.3) is 11.6 Å². The fraction of sp³-hybridized carbons (Fsp3) is 0.130. The van der Waals surface area contributed by atoms with E-state index in [0.29, 0.717) is 22.0 Å². The average molecular weight is 450 g/mol. The number of benzene rings is 3. The molecule has 3 aromatic carbocycles. The molecule has 0 aromatic heterocycles. The lowest BCUT2D eigenvalue weighted by atomic mass is 9.90. The summed E-state index contributed by atoms with van der Waals surface area (Å²) in [7, 11) is 0. The highest BCUT2D eigenvalue weighted by Gasteiger charge is 2.60. The number of nitro groups is 1. The summed E-state index contributed by atoms with van der Waals surface area (Å²) in [5.41, 5.74) is 1.65. The third-order valence-corrected chi connectivity index (χ3v) is 5.91. The molecule has 0 aliphatic carbocycles. The van der Waals surface area contributed by atoms with Gasteiger partial charge in [-0.1, -0.05) is 41.9 Å². The van der Waals surface area contributed by atoms with Gasteiger partial charge in [0.2, 0.25) is 5.91 Å². The summed E-state index contributed by atoms with van der Waals surface area (Å²) in [5.74, 6) is -1.68. The Morgan fingerprint density at radius 1 is 0.844 bits per heavy atom. The third-order valence-electron chi connectivity index (χ3n) is 5.66. The van der Waals surface area contributed by atoms with E-state index < -0.39 is 34.8 Å². The molecule has 2 heterocycles. The predicted molar refractivity (Wildman–Crippen MR) is 117 cm³/mol. The van der Waals surface area contributed by atoms with E-state index in [1.54, 1.807) is 41.5 Å². The van der Waals surface area contributed by atoms with Gasteiger partial charge in [0.15, 0.2) is 6.10 Å². The molecule has 2 fully saturated rings. The molecule has 8 nitrogen and oxygen atoms in total. The molecule has 0 spiro atoms. The van der Waals surface area contributed by atoms with Crippen LogP contribution in [0.3, 0.4) is 0 Å². The van der Waals surface area contributed by atoms with Gasteiger partial charge in [-0.05, 0) is 42.0 Å². The lowest BCUT2D eigenvalue weighted by Crippen LogP contribution is -2.37. The summed E-state index contributed by atoms with van der Waals surface area (Å²) in [6.45, 7) is 0. The lowest BCUT2D eigenvalue weighted by molar-refractivity contribution is -0.384. The molecule has 5 rings (SSSR count). The number of hydrogen-bond acceptors (Lipinski definition) is 6. The molecule has 2 aliphatic heterocycles. The number of hydroxylamine groups is 1. The highest BCUT2D eigenvalue weighted by Crippen LogP contribution is 2.47. The highest BCUT2D eigenvalue weighted by molar-refractivity contribution is 6.31. The SMILES string of the molecule is O=C1C2ON(c3ccccc3)C(c3ccc([N+](=O)[O-])cc3)C2C(=O)N1c1ccc(Cl)cc1. The van der Waals surface area contributed by atoms with Crippen molar-refractivity contribution in [2.45, 2.75) is 12.1 Å². The van der Waals surface area contributed by atoms with Crippen LogP contribution in [-0.2, 0) is 14.4 Å². The van der Waals surface area contributed by atoms with Crippen molar-refractivity contribution in [3.8, 4) is 0 Å². The number of non-ortho nitro benzene ring substituents is 1. The molecule has 160 valence electrons. The van der Waals surface area contributed by atoms with Crippen molar-refractivity contribution >= 4 is 40.5 Å². The van der Waals surface area contributed by atoms with E-state index >= 15 is 0 Å². The Kier molecular flexibility index (Phi) is 4.88.